The second-order valence-corrected chi connectivity index (χ2v) is 4.89. The van der Waals surface area contributed by atoms with Crippen LogP contribution in [0, 0.1) is 0 Å². The molecule has 0 aliphatic rings. The van der Waals surface area contributed by atoms with Gasteiger partial charge in [0.2, 0.25) is 0 Å². The van der Waals surface area contributed by atoms with Crippen molar-refractivity contribution in [3.63, 3.8) is 0 Å². The molecule has 3 heteroatoms. The van der Waals surface area contributed by atoms with Gasteiger partial charge < -0.3 is 4.42 Å². The van der Waals surface area contributed by atoms with Gasteiger partial charge in [0.1, 0.15) is 0 Å². The van der Waals surface area contributed by atoms with Crippen LogP contribution in [-0.2, 0) is 0 Å². The summed E-state index contributed by atoms with van der Waals surface area (Å²) in [6, 6.07) is 1.76. The number of furan rings is 1. The molecule has 0 spiro atoms. The maximum atomic E-state index is 11.7. The Morgan fingerprint density at radius 1 is 1.25 bits per heavy atom. The van der Waals surface area contributed by atoms with E-state index in [-0.39, 0.29) is 5.78 Å². The molecule has 0 aliphatic heterocycles. The molecule has 1 heterocycles. The van der Waals surface area contributed by atoms with E-state index in [1.165, 1.54) is 25.7 Å². The molecule has 0 aliphatic carbocycles. The molecule has 90 valence electrons. The minimum atomic E-state index is 0.104. The number of ketones is 1. The van der Waals surface area contributed by atoms with E-state index in [1.54, 1.807) is 12.3 Å². The quantitative estimate of drug-likeness (QED) is 0.499. The Bertz CT molecular complexity index is 317. The highest BCUT2D eigenvalue weighted by molar-refractivity contribution is 9.10. The molecule has 0 atom stereocenters. The van der Waals surface area contributed by atoms with Gasteiger partial charge in [-0.15, -0.1) is 0 Å². The first-order chi connectivity index (χ1) is 7.75. The molecule has 1 aromatic rings. The summed E-state index contributed by atoms with van der Waals surface area (Å²) in [5, 5.41) is 0. The van der Waals surface area contributed by atoms with Gasteiger partial charge in [0.05, 0.1) is 10.7 Å². The predicted octanol–water partition coefficient (Wildman–Crippen LogP) is 4.98. The summed E-state index contributed by atoms with van der Waals surface area (Å²) in [7, 11) is 0. The normalized spacial score (nSPS) is 10.6. The van der Waals surface area contributed by atoms with Crippen LogP contribution in [0.25, 0.3) is 0 Å². The fourth-order valence-electron chi connectivity index (χ4n) is 1.67. The number of unbranched alkanes of at least 4 members (excludes halogenated alkanes) is 5. The zero-order chi connectivity index (χ0) is 11.8. The predicted molar refractivity (Wildman–Crippen MR) is 68.7 cm³/mol. The van der Waals surface area contributed by atoms with Crippen LogP contribution in [0.1, 0.15) is 62.4 Å². The van der Waals surface area contributed by atoms with Crippen LogP contribution in [0.15, 0.2) is 21.2 Å². The number of rotatable bonds is 8. The summed E-state index contributed by atoms with van der Waals surface area (Å²) in [4.78, 5) is 11.7. The minimum Gasteiger partial charge on any atom is -0.460 e. The third-order valence-electron chi connectivity index (χ3n) is 2.63. The zero-order valence-corrected chi connectivity index (χ0v) is 11.4. The SMILES string of the molecule is CCCCCCCCC(=O)c1occc1Br. The lowest BCUT2D eigenvalue weighted by molar-refractivity contribution is 0.0951. The van der Waals surface area contributed by atoms with E-state index < -0.39 is 0 Å². The van der Waals surface area contributed by atoms with Gasteiger partial charge in [-0.05, 0) is 28.4 Å². The second kappa shape index (κ2) is 7.66. The first kappa shape index (κ1) is 13.5. The number of halogens is 1. The summed E-state index contributed by atoms with van der Waals surface area (Å²) >= 11 is 3.30. The molecule has 0 amide bonds. The lowest BCUT2D eigenvalue weighted by Crippen LogP contribution is -1.97. The molecule has 0 saturated heterocycles. The molecule has 0 fully saturated rings. The van der Waals surface area contributed by atoms with Crippen LogP contribution in [0.4, 0.5) is 0 Å². The molecule has 0 unspecified atom stereocenters. The van der Waals surface area contributed by atoms with Gasteiger partial charge in [0.15, 0.2) is 11.5 Å². The Labute approximate surface area is 106 Å². The van der Waals surface area contributed by atoms with E-state index in [1.807, 2.05) is 0 Å². The van der Waals surface area contributed by atoms with Gasteiger partial charge in [-0.3, -0.25) is 4.79 Å². The van der Waals surface area contributed by atoms with Crippen LogP contribution >= 0.6 is 15.9 Å². The van der Waals surface area contributed by atoms with E-state index in [0.717, 1.165) is 17.3 Å². The third-order valence-corrected chi connectivity index (χ3v) is 3.25. The van der Waals surface area contributed by atoms with E-state index in [4.69, 9.17) is 4.42 Å². The lowest BCUT2D eigenvalue weighted by atomic mass is 10.1. The maximum absolute atomic E-state index is 11.7. The highest BCUT2D eigenvalue weighted by atomic mass is 79.9. The summed E-state index contributed by atoms with van der Waals surface area (Å²) in [5.41, 5.74) is 0. The molecular formula is C13H19BrO2. The van der Waals surface area contributed by atoms with E-state index in [0.29, 0.717) is 12.2 Å². The average Bonchev–Trinajstić information content (AvgIpc) is 2.69. The Hall–Kier alpha value is -0.570. The molecule has 1 aromatic heterocycles. The van der Waals surface area contributed by atoms with Crippen molar-refractivity contribution in [2.75, 3.05) is 0 Å². The van der Waals surface area contributed by atoms with Gasteiger partial charge in [-0.1, -0.05) is 39.0 Å². The van der Waals surface area contributed by atoms with Gasteiger partial charge in [-0.25, -0.2) is 0 Å². The van der Waals surface area contributed by atoms with Crippen molar-refractivity contribution >= 4 is 21.7 Å². The maximum Gasteiger partial charge on any atom is 0.199 e. The van der Waals surface area contributed by atoms with Crippen LogP contribution in [-0.4, -0.2) is 5.78 Å². The monoisotopic (exact) mass is 286 g/mol. The first-order valence-corrected chi connectivity index (χ1v) is 6.81. The van der Waals surface area contributed by atoms with Gasteiger partial charge in [0, 0.05) is 6.42 Å². The summed E-state index contributed by atoms with van der Waals surface area (Å²) < 4.78 is 5.89. The number of hydrogen-bond acceptors (Lipinski definition) is 2. The van der Waals surface area contributed by atoms with Crippen molar-refractivity contribution < 1.29 is 9.21 Å². The van der Waals surface area contributed by atoms with E-state index in [2.05, 4.69) is 22.9 Å². The van der Waals surface area contributed by atoms with Crippen molar-refractivity contribution in [2.45, 2.75) is 51.9 Å². The Balaban J connectivity index is 2.14. The summed E-state index contributed by atoms with van der Waals surface area (Å²) in [6.45, 7) is 2.21. The van der Waals surface area contributed by atoms with Gasteiger partial charge >= 0.3 is 0 Å². The Morgan fingerprint density at radius 3 is 2.56 bits per heavy atom. The largest absolute Gasteiger partial charge is 0.460 e. The molecule has 1 rings (SSSR count). The highest BCUT2D eigenvalue weighted by Gasteiger charge is 2.12. The molecule has 2 nitrogen and oxygen atoms in total. The van der Waals surface area contributed by atoms with Crippen LogP contribution in [0.2, 0.25) is 0 Å². The molecule has 0 bridgehead atoms. The standard InChI is InChI=1S/C13H19BrO2/c1-2-3-4-5-6-7-8-12(15)13-11(14)9-10-16-13/h9-10H,2-8H2,1H3. The smallest absolute Gasteiger partial charge is 0.199 e. The van der Waals surface area contributed by atoms with Crippen molar-refractivity contribution in [3.8, 4) is 0 Å². The minimum absolute atomic E-state index is 0.104. The molecule has 0 N–H and O–H groups in total. The average molecular weight is 287 g/mol. The second-order valence-electron chi connectivity index (χ2n) is 4.04. The third kappa shape index (κ3) is 4.52. The number of carbonyl (C=O) groups is 1. The highest BCUT2D eigenvalue weighted by Crippen LogP contribution is 2.20. The number of hydrogen-bond donors (Lipinski definition) is 0. The molecular weight excluding hydrogens is 268 g/mol. The van der Waals surface area contributed by atoms with Crippen LogP contribution in [0.3, 0.4) is 0 Å². The van der Waals surface area contributed by atoms with Crippen molar-refractivity contribution in [1.82, 2.24) is 0 Å². The van der Waals surface area contributed by atoms with Crippen LogP contribution in [0.5, 0.6) is 0 Å². The van der Waals surface area contributed by atoms with E-state index in [9.17, 15) is 4.79 Å². The van der Waals surface area contributed by atoms with Crippen molar-refractivity contribution in [3.05, 3.63) is 22.6 Å². The van der Waals surface area contributed by atoms with Crippen LogP contribution < -0.4 is 0 Å². The van der Waals surface area contributed by atoms with Gasteiger partial charge in [0.25, 0.3) is 0 Å². The zero-order valence-electron chi connectivity index (χ0n) is 9.80. The fraction of sp³-hybridized carbons (Fsp3) is 0.615. The van der Waals surface area contributed by atoms with Crippen molar-refractivity contribution in [1.29, 1.82) is 0 Å². The Kier molecular flexibility index (Phi) is 6.46. The van der Waals surface area contributed by atoms with E-state index >= 15 is 0 Å². The lowest BCUT2D eigenvalue weighted by Gasteiger charge is -2.00. The summed E-state index contributed by atoms with van der Waals surface area (Å²) in [5.74, 6) is 0.570. The fourth-order valence-corrected chi connectivity index (χ4v) is 2.09. The first-order valence-electron chi connectivity index (χ1n) is 6.02. The number of carbonyl (C=O) groups excluding carboxylic acids is 1. The van der Waals surface area contributed by atoms with Gasteiger partial charge in [-0.2, -0.15) is 0 Å². The Morgan fingerprint density at radius 2 is 1.94 bits per heavy atom. The van der Waals surface area contributed by atoms with Crippen molar-refractivity contribution in [2.24, 2.45) is 0 Å². The molecule has 0 radical (unpaired) electrons. The summed E-state index contributed by atoms with van der Waals surface area (Å²) in [6.07, 6.45) is 9.34. The molecule has 0 saturated carbocycles. The topological polar surface area (TPSA) is 30.2 Å². The molecule has 16 heavy (non-hydrogen) atoms. The number of Topliss-reactive ketones (excluding diaryl/α,β-unsaturated/α-hetero) is 1. The molecule has 0 aromatic carbocycles.